The minimum absolute atomic E-state index is 0.0100. The Bertz CT molecular complexity index is 1610. The zero-order valence-electron chi connectivity index (χ0n) is 47.6. The lowest BCUT2D eigenvalue weighted by atomic mass is 9.86. The molecule has 0 radical (unpaired) electrons. The maximum absolute atomic E-state index is 12.9. The van der Waals surface area contributed by atoms with Gasteiger partial charge >= 0.3 is 36.3 Å². The average Bonchev–Trinajstić information content (AvgIpc) is 3.26. The maximum Gasteiger partial charge on any atom is 0.408 e. The van der Waals surface area contributed by atoms with Crippen LogP contribution in [0.5, 0.6) is 0 Å². The Morgan fingerprint density at radius 2 is 0.822 bits per heavy atom. The van der Waals surface area contributed by atoms with Crippen molar-refractivity contribution < 1.29 is 66.8 Å². The summed E-state index contributed by atoms with van der Waals surface area (Å²) in [6.45, 7) is 31.6. The highest BCUT2D eigenvalue weighted by atomic mass is 16.6. The Hall–Kier alpha value is -5.12. The Morgan fingerprint density at radius 3 is 1.12 bits per heavy atom. The minimum Gasteiger partial charge on any atom is -0.467 e. The fourth-order valence-electron chi connectivity index (χ4n) is 7.48. The number of methoxy groups -OCH3 is 2. The first-order valence-electron chi connectivity index (χ1n) is 25.8. The number of hydrogen-bond acceptors (Lipinski definition) is 16. The first kappa shape index (κ1) is 67.9. The molecule has 22 nitrogen and oxygen atoms in total. The van der Waals surface area contributed by atoms with E-state index in [-0.39, 0.29) is 56.5 Å². The lowest BCUT2D eigenvalue weighted by Gasteiger charge is -2.40. The second-order valence-corrected chi connectivity index (χ2v) is 22.4. The predicted octanol–water partition coefficient (Wildman–Crippen LogP) is 6.06. The van der Waals surface area contributed by atoms with Crippen molar-refractivity contribution in [2.75, 3.05) is 66.6 Å². The van der Waals surface area contributed by atoms with Gasteiger partial charge in [-0.05, 0) is 154 Å². The number of carbonyl (C=O) groups is 8. The van der Waals surface area contributed by atoms with Gasteiger partial charge in [0.1, 0.15) is 33.5 Å². The normalized spacial score (nSPS) is 16.2. The van der Waals surface area contributed by atoms with E-state index in [4.69, 9.17) is 34.2 Å². The van der Waals surface area contributed by atoms with Crippen molar-refractivity contribution in [3.8, 4) is 0 Å². The number of nitrogens with two attached hydrogens (primary N) is 1. The molecule has 2 atom stereocenters. The SMILES string of the molecule is CCNCC.COC(=O)C1(NC(=O)OC(C)(C)C)CCN(C(=O)[C@H](C)CCCCNC(=O)OC(C)(C)C)CC1.COC(=O)C1(NC(=O)OC(C)(C)C)CCN(C(=O)[C@H](N)CCCCNC(=O)OC(C)(C)C)CC1. The highest BCUT2D eigenvalue weighted by Crippen LogP contribution is 2.28. The molecule has 6 amide bonds. The molecule has 73 heavy (non-hydrogen) atoms. The molecule has 2 saturated heterocycles. The second-order valence-electron chi connectivity index (χ2n) is 22.4. The standard InChI is InChI=1S/C24H43N3O7.C23H42N4O7.C4H11N/c1-17(11-9-10-14-25-20(30)33-22(2,3)4)18(28)27-15-12-24(13-16-27,19(29)32-8)26-21(31)34-23(5,6)7;1-21(2,3)33-19(30)25-13-9-8-10-16(24)17(28)27-14-11-23(12-15-27,18(29)32-7)26-20(31)34-22(4,5)6;1-3-5-4-2/h17H,9-16H2,1-8H3,(H,25,30)(H,26,31);16H,8-15,24H2,1-7H3,(H,25,30)(H,26,31);5H,3-4H2,1-2H3/t17-;16-;/m11./s1. The largest absolute Gasteiger partial charge is 0.467 e. The van der Waals surface area contributed by atoms with Crippen molar-refractivity contribution in [1.82, 2.24) is 36.4 Å². The predicted molar refractivity (Wildman–Crippen MR) is 277 cm³/mol. The molecule has 2 fully saturated rings. The van der Waals surface area contributed by atoms with Crippen molar-refractivity contribution in [2.45, 2.75) is 208 Å². The summed E-state index contributed by atoms with van der Waals surface area (Å²) in [5, 5.41) is 13.8. The van der Waals surface area contributed by atoms with Crippen molar-refractivity contribution in [1.29, 1.82) is 0 Å². The monoisotopic (exact) mass is 1040 g/mol. The highest BCUT2D eigenvalue weighted by Gasteiger charge is 2.47. The maximum atomic E-state index is 12.9. The smallest absolute Gasteiger partial charge is 0.408 e. The van der Waals surface area contributed by atoms with E-state index >= 15 is 0 Å². The molecular formula is C51H96N8O14. The van der Waals surface area contributed by atoms with Crippen LogP contribution >= 0.6 is 0 Å². The van der Waals surface area contributed by atoms with Crippen molar-refractivity contribution >= 4 is 48.1 Å². The van der Waals surface area contributed by atoms with Crippen LogP contribution in [0, 0.1) is 5.92 Å². The number of rotatable bonds is 18. The molecule has 0 bridgehead atoms. The average molecular weight is 1050 g/mol. The quantitative estimate of drug-likeness (QED) is 0.0517. The van der Waals surface area contributed by atoms with Crippen LogP contribution in [-0.2, 0) is 47.6 Å². The summed E-state index contributed by atoms with van der Waals surface area (Å²) in [4.78, 5) is 102. The highest BCUT2D eigenvalue weighted by molar-refractivity contribution is 5.88. The Labute approximate surface area is 436 Å². The van der Waals surface area contributed by atoms with Gasteiger partial charge in [-0.15, -0.1) is 0 Å². The van der Waals surface area contributed by atoms with Gasteiger partial charge in [-0.25, -0.2) is 28.8 Å². The van der Waals surface area contributed by atoms with Gasteiger partial charge in [-0.1, -0.05) is 27.2 Å². The van der Waals surface area contributed by atoms with Crippen LogP contribution in [-0.4, -0.2) is 164 Å². The zero-order chi connectivity index (χ0) is 56.4. The summed E-state index contributed by atoms with van der Waals surface area (Å²) in [7, 11) is 2.53. The molecule has 0 unspecified atom stereocenters. The summed E-state index contributed by atoms with van der Waals surface area (Å²) in [6, 6.07) is -0.689. The van der Waals surface area contributed by atoms with Gasteiger partial charge in [0, 0.05) is 45.2 Å². The zero-order valence-corrected chi connectivity index (χ0v) is 47.6. The number of amides is 6. The lowest BCUT2D eigenvalue weighted by molar-refractivity contribution is -0.153. The third kappa shape index (κ3) is 28.8. The van der Waals surface area contributed by atoms with Crippen LogP contribution in [0.25, 0.3) is 0 Å². The summed E-state index contributed by atoms with van der Waals surface area (Å²) in [5.41, 5.74) is 1.11. The number of ether oxygens (including phenoxy) is 6. The molecule has 2 rings (SSSR count). The van der Waals surface area contributed by atoms with E-state index in [0.29, 0.717) is 51.9 Å². The molecule has 7 N–H and O–H groups in total. The van der Waals surface area contributed by atoms with Crippen molar-refractivity contribution in [2.24, 2.45) is 11.7 Å². The third-order valence-electron chi connectivity index (χ3n) is 11.1. The molecule has 2 aliphatic rings. The van der Waals surface area contributed by atoms with Crippen LogP contribution in [0.1, 0.15) is 168 Å². The van der Waals surface area contributed by atoms with Gasteiger partial charge in [0.15, 0.2) is 0 Å². The number of carbonyl (C=O) groups excluding carboxylic acids is 8. The Kier molecular flexibility index (Phi) is 29.4. The molecule has 2 aliphatic heterocycles. The topological polar surface area (TPSA) is 285 Å². The van der Waals surface area contributed by atoms with Gasteiger partial charge in [0.25, 0.3) is 0 Å². The first-order valence-corrected chi connectivity index (χ1v) is 25.8. The number of esters is 2. The van der Waals surface area contributed by atoms with Crippen LogP contribution in [0.3, 0.4) is 0 Å². The molecule has 0 aromatic heterocycles. The molecule has 0 spiro atoms. The molecule has 22 heteroatoms. The van der Waals surface area contributed by atoms with Gasteiger partial charge in [0.2, 0.25) is 11.8 Å². The second kappa shape index (κ2) is 31.6. The van der Waals surface area contributed by atoms with E-state index in [1.807, 2.05) is 27.7 Å². The summed E-state index contributed by atoms with van der Waals surface area (Å²) in [6.07, 6.45) is 2.53. The summed E-state index contributed by atoms with van der Waals surface area (Å²) < 4.78 is 30.8. The molecule has 0 aliphatic carbocycles. The molecule has 424 valence electrons. The minimum atomic E-state index is -1.26. The summed E-state index contributed by atoms with van der Waals surface area (Å²) in [5.74, 6) is -1.51. The number of hydrogen-bond donors (Lipinski definition) is 6. The van der Waals surface area contributed by atoms with Crippen LogP contribution in [0.15, 0.2) is 0 Å². The fourth-order valence-corrected chi connectivity index (χ4v) is 7.48. The van der Waals surface area contributed by atoms with Crippen molar-refractivity contribution in [3.05, 3.63) is 0 Å². The van der Waals surface area contributed by atoms with Gasteiger partial charge in [0.05, 0.1) is 20.3 Å². The number of nitrogens with one attached hydrogen (secondary N) is 5. The van der Waals surface area contributed by atoms with Gasteiger partial charge < -0.3 is 70.5 Å². The van der Waals surface area contributed by atoms with Gasteiger partial charge in [-0.2, -0.15) is 0 Å². The van der Waals surface area contributed by atoms with Crippen molar-refractivity contribution in [3.63, 3.8) is 0 Å². The number of unbranched alkanes of at least 4 members (excludes halogenated alkanes) is 2. The van der Waals surface area contributed by atoms with E-state index in [0.717, 1.165) is 25.9 Å². The van der Waals surface area contributed by atoms with E-state index < -0.39 is 75.8 Å². The number of nitrogens with zero attached hydrogens (tertiary/aromatic N) is 2. The van der Waals surface area contributed by atoms with E-state index in [1.165, 1.54) is 14.2 Å². The number of piperidine rings is 2. The van der Waals surface area contributed by atoms with Gasteiger partial charge in [-0.3, -0.25) is 9.59 Å². The fraction of sp³-hybridized carbons (Fsp3) is 0.843. The molecule has 0 saturated carbocycles. The Balaban J connectivity index is 0.00000130. The molecule has 2 heterocycles. The van der Waals surface area contributed by atoms with E-state index in [1.54, 1.807) is 72.1 Å². The van der Waals surface area contributed by atoms with Crippen LogP contribution in [0.4, 0.5) is 19.2 Å². The van der Waals surface area contributed by atoms with E-state index in [2.05, 4.69) is 40.4 Å². The third-order valence-corrected chi connectivity index (χ3v) is 11.1. The molecule has 0 aromatic carbocycles. The number of alkyl carbamates (subject to hydrolysis) is 4. The van der Waals surface area contributed by atoms with Crippen LogP contribution in [0.2, 0.25) is 0 Å². The van der Waals surface area contributed by atoms with E-state index in [9.17, 15) is 38.4 Å². The molecule has 0 aromatic rings. The first-order chi connectivity index (χ1) is 33.6. The summed E-state index contributed by atoms with van der Waals surface area (Å²) >= 11 is 0. The lowest BCUT2D eigenvalue weighted by Crippen LogP contribution is -2.62. The Morgan fingerprint density at radius 1 is 0.507 bits per heavy atom. The van der Waals surface area contributed by atoms with Crippen LogP contribution < -0.4 is 32.3 Å². The number of likely N-dealkylation sites (tertiary alicyclic amines) is 2. The molecular weight excluding hydrogens is 949 g/mol.